The van der Waals surface area contributed by atoms with E-state index in [1.54, 1.807) is 6.08 Å². The van der Waals surface area contributed by atoms with Gasteiger partial charge >= 0.3 is 11.9 Å². The van der Waals surface area contributed by atoms with Crippen molar-refractivity contribution in [2.75, 3.05) is 14.2 Å². The summed E-state index contributed by atoms with van der Waals surface area (Å²) in [6, 6.07) is 0. The van der Waals surface area contributed by atoms with Gasteiger partial charge in [-0.15, -0.1) is 0 Å². The minimum Gasteiger partial charge on any atom is -0.469 e. The number of carbonyl (C=O) groups excluding carboxylic acids is 2. The largest absolute Gasteiger partial charge is 0.469 e. The predicted octanol–water partition coefficient (Wildman–Crippen LogP) is 0.669. The summed E-state index contributed by atoms with van der Waals surface area (Å²) in [5, 5.41) is 0. The van der Waals surface area contributed by atoms with E-state index in [0.717, 1.165) is 0 Å². The van der Waals surface area contributed by atoms with Crippen LogP contribution in [-0.2, 0) is 19.1 Å². The summed E-state index contributed by atoms with van der Waals surface area (Å²) in [6.07, 6.45) is 3.62. The Morgan fingerprint density at radius 1 is 1.25 bits per heavy atom. The number of esters is 2. The number of ether oxygens (including phenoxy) is 2. The fourth-order valence-corrected chi connectivity index (χ4v) is 0.551. The molecule has 0 unspecified atom stereocenters. The highest BCUT2D eigenvalue weighted by molar-refractivity contribution is 5.81. The van der Waals surface area contributed by atoms with Crippen molar-refractivity contribution in [3.8, 4) is 0 Å². The topological polar surface area (TPSA) is 52.6 Å². The van der Waals surface area contributed by atoms with Crippen LogP contribution in [0.1, 0.15) is 12.8 Å². The first kappa shape index (κ1) is 10.7. The van der Waals surface area contributed by atoms with Gasteiger partial charge in [0.2, 0.25) is 0 Å². The van der Waals surface area contributed by atoms with E-state index in [4.69, 9.17) is 0 Å². The summed E-state index contributed by atoms with van der Waals surface area (Å²) < 4.78 is 8.74. The summed E-state index contributed by atoms with van der Waals surface area (Å²) in [6.45, 7) is 0. The molecule has 0 aliphatic rings. The second-order valence-electron chi connectivity index (χ2n) is 2.04. The summed E-state index contributed by atoms with van der Waals surface area (Å²) in [7, 11) is 2.62. The Bertz CT molecular complexity index is 183. The molecule has 0 amide bonds. The standard InChI is InChI=1S/C8H12O4/c1-11-7(9)5-3-4-6-8(10)12-2/h3,5H,4,6H2,1-2H3/b5-3+. The number of carbonyl (C=O) groups is 2. The molecule has 0 atom stereocenters. The van der Waals surface area contributed by atoms with Gasteiger partial charge in [-0.25, -0.2) is 4.79 Å². The van der Waals surface area contributed by atoms with Gasteiger partial charge < -0.3 is 9.47 Å². The van der Waals surface area contributed by atoms with Gasteiger partial charge in [-0.1, -0.05) is 6.08 Å². The van der Waals surface area contributed by atoms with Gasteiger partial charge in [-0.2, -0.15) is 0 Å². The smallest absolute Gasteiger partial charge is 0.330 e. The Balaban J connectivity index is 3.48. The number of hydrogen-bond acceptors (Lipinski definition) is 4. The van der Waals surface area contributed by atoms with Gasteiger partial charge in [0.25, 0.3) is 0 Å². The molecule has 0 radical (unpaired) electrons. The maximum atomic E-state index is 10.6. The highest BCUT2D eigenvalue weighted by Gasteiger charge is 1.96. The lowest BCUT2D eigenvalue weighted by Crippen LogP contribution is -1.99. The molecule has 0 heterocycles. The van der Waals surface area contributed by atoms with E-state index < -0.39 is 5.97 Å². The number of rotatable bonds is 4. The molecule has 4 heteroatoms. The lowest BCUT2D eigenvalue weighted by atomic mass is 10.3. The maximum Gasteiger partial charge on any atom is 0.330 e. The fraction of sp³-hybridized carbons (Fsp3) is 0.500. The molecule has 0 rings (SSSR count). The molecule has 12 heavy (non-hydrogen) atoms. The van der Waals surface area contributed by atoms with E-state index in [9.17, 15) is 9.59 Å². The number of allylic oxidation sites excluding steroid dienone is 1. The van der Waals surface area contributed by atoms with Crippen LogP contribution in [0.4, 0.5) is 0 Å². The first-order valence-electron chi connectivity index (χ1n) is 3.52. The van der Waals surface area contributed by atoms with E-state index in [1.807, 2.05) is 0 Å². The minimum atomic E-state index is -0.417. The Morgan fingerprint density at radius 2 is 1.92 bits per heavy atom. The van der Waals surface area contributed by atoms with Crippen LogP contribution in [0.15, 0.2) is 12.2 Å². The SMILES string of the molecule is COC(=O)/C=C/CCC(=O)OC. The fourth-order valence-electron chi connectivity index (χ4n) is 0.551. The Hall–Kier alpha value is -1.32. The second kappa shape index (κ2) is 6.39. The average molecular weight is 172 g/mol. The van der Waals surface area contributed by atoms with Crippen LogP contribution in [0.2, 0.25) is 0 Å². The van der Waals surface area contributed by atoms with Crippen molar-refractivity contribution in [1.29, 1.82) is 0 Å². The lowest BCUT2D eigenvalue weighted by molar-refractivity contribution is -0.140. The Labute approximate surface area is 71.2 Å². The summed E-state index contributed by atoms with van der Waals surface area (Å²) in [5.41, 5.74) is 0. The average Bonchev–Trinajstić information content (AvgIpc) is 2.11. The molecule has 0 aliphatic carbocycles. The first-order chi connectivity index (χ1) is 5.70. The highest BCUT2D eigenvalue weighted by atomic mass is 16.5. The summed E-state index contributed by atoms with van der Waals surface area (Å²) >= 11 is 0. The number of methoxy groups -OCH3 is 2. The van der Waals surface area contributed by atoms with Crippen molar-refractivity contribution in [3.63, 3.8) is 0 Å². The third-order valence-electron chi connectivity index (χ3n) is 1.20. The molecule has 0 spiro atoms. The van der Waals surface area contributed by atoms with Crippen molar-refractivity contribution in [3.05, 3.63) is 12.2 Å². The molecule has 0 aromatic heterocycles. The monoisotopic (exact) mass is 172 g/mol. The maximum absolute atomic E-state index is 10.6. The minimum absolute atomic E-state index is 0.282. The zero-order chi connectivity index (χ0) is 9.40. The Morgan fingerprint density at radius 3 is 2.42 bits per heavy atom. The molecule has 0 saturated carbocycles. The molecule has 68 valence electrons. The summed E-state index contributed by atoms with van der Waals surface area (Å²) in [4.78, 5) is 21.1. The zero-order valence-corrected chi connectivity index (χ0v) is 7.20. The van der Waals surface area contributed by atoms with E-state index >= 15 is 0 Å². The molecular weight excluding hydrogens is 160 g/mol. The number of hydrogen-bond donors (Lipinski definition) is 0. The van der Waals surface area contributed by atoms with Gasteiger partial charge in [0.05, 0.1) is 14.2 Å². The highest BCUT2D eigenvalue weighted by Crippen LogP contribution is 1.93. The van der Waals surface area contributed by atoms with Crippen LogP contribution in [-0.4, -0.2) is 26.2 Å². The van der Waals surface area contributed by atoms with Crippen molar-refractivity contribution >= 4 is 11.9 Å². The normalized spacial score (nSPS) is 9.83. The van der Waals surface area contributed by atoms with Crippen molar-refractivity contribution in [2.45, 2.75) is 12.8 Å². The molecule has 0 aromatic carbocycles. The third kappa shape index (κ3) is 5.46. The lowest BCUT2D eigenvalue weighted by Gasteiger charge is -1.93. The van der Waals surface area contributed by atoms with Gasteiger partial charge in [0.1, 0.15) is 0 Å². The van der Waals surface area contributed by atoms with E-state index in [1.165, 1.54) is 20.3 Å². The molecule has 0 fully saturated rings. The van der Waals surface area contributed by atoms with E-state index in [2.05, 4.69) is 9.47 Å². The predicted molar refractivity (Wildman–Crippen MR) is 42.4 cm³/mol. The molecule has 0 aromatic rings. The van der Waals surface area contributed by atoms with Crippen molar-refractivity contribution in [2.24, 2.45) is 0 Å². The van der Waals surface area contributed by atoms with E-state index in [0.29, 0.717) is 6.42 Å². The van der Waals surface area contributed by atoms with Crippen molar-refractivity contribution in [1.82, 2.24) is 0 Å². The van der Waals surface area contributed by atoms with Crippen LogP contribution in [0.25, 0.3) is 0 Å². The Kier molecular flexibility index (Phi) is 5.69. The zero-order valence-electron chi connectivity index (χ0n) is 7.20. The van der Waals surface area contributed by atoms with Crippen molar-refractivity contribution < 1.29 is 19.1 Å². The van der Waals surface area contributed by atoms with Gasteiger partial charge in [-0.05, 0) is 6.42 Å². The molecule has 0 N–H and O–H groups in total. The van der Waals surface area contributed by atoms with Crippen LogP contribution in [0, 0.1) is 0 Å². The molecular formula is C8H12O4. The quantitative estimate of drug-likeness (QED) is 0.462. The van der Waals surface area contributed by atoms with Crippen LogP contribution in [0.3, 0.4) is 0 Å². The van der Waals surface area contributed by atoms with Gasteiger partial charge in [0, 0.05) is 12.5 Å². The van der Waals surface area contributed by atoms with Gasteiger partial charge in [0.15, 0.2) is 0 Å². The van der Waals surface area contributed by atoms with Crippen LogP contribution in [0.5, 0.6) is 0 Å². The van der Waals surface area contributed by atoms with Crippen LogP contribution >= 0.6 is 0 Å². The van der Waals surface area contributed by atoms with Gasteiger partial charge in [-0.3, -0.25) is 4.79 Å². The molecule has 0 saturated heterocycles. The van der Waals surface area contributed by atoms with E-state index in [-0.39, 0.29) is 12.4 Å². The summed E-state index contributed by atoms with van der Waals surface area (Å²) in [5.74, 6) is -0.704. The molecule has 0 aliphatic heterocycles. The first-order valence-corrected chi connectivity index (χ1v) is 3.52. The molecule has 0 bridgehead atoms. The third-order valence-corrected chi connectivity index (χ3v) is 1.20. The second-order valence-corrected chi connectivity index (χ2v) is 2.04. The molecule has 4 nitrogen and oxygen atoms in total. The van der Waals surface area contributed by atoms with Crippen LogP contribution < -0.4 is 0 Å².